The number of nitrogens with zero attached hydrogens (tertiary/aromatic N) is 1. The van der Waals surface area contributed by atoms with E-state index in [2.05, 4.69) is 6.92 Å². The lowest BCUT2D eigenvalue weighted by Crippen LogP contribution is -2.38. The van der Waals surface area contributed by atoms with E-state index in [1.807, 2.05) is 19.0 Å². The number of hydrogen-bond acceptors (Lipinski definition) is 2. The van der Waals surface area contributed by atoms with E-state index in [0.717, 1.165) is 19.3 Å². The SMILES string of the molecule is CCCCCO[C@H](CN(C)C)C(Cl)(Cl)Cl. The van der Waals surface area contributed by atoms with E-state index in [1.54, 1.807) is 0 Å². The second kappa shape index (κ2) is 7.97. The van der Waals surface area contributed by atoms with Gasteiger partial charge in [-0.1, -0.05) is 54.6 Å². The fourth-order valence-corrected chi connectivity index (χ4v) is 1.56. The van der Waals surface area contributed by atoms with E-state index >= 15 is 0 Å². The van der Waals surface area contributed by atoms with Crippen molar-refractivity contribution in [2.24, 2.45) is 0 Å². The van der Waals surface area contributed by atoms with E-state index in [1.165, 1.54) is 0 Å². The smallest absolute Gasteiger partial charge is 0.217 e. The Morgan fingerprint density at radius 1 is 1.20 bits per heavy atom. The van der Waals surface area contributed by atoms with Gasteiger partial charge in [-0.05, 0) is 20.5 Å². The van der Waals surface area contributed by atoms with Crippen LogP contribution in [-0.4, -0.2) is 42.0 Å². The largest absolute Gasteiger partial charge is 0.372 e. The first-order valence-corrected chi connectivity index (χ1v) is 6.34. The molecule has 0 aromatic rings. The highest BCUT2D eigenvalue weighted by molar-refractivity contribution is 6.68. The average molecular weight is 277 g/mol. The molecule has 2 nitrogen and oxygen atoms in total. The number of alkyl halides is 3. The molecule has 0 saturated heterocycles. The van der Waals surface area contributed by atoms with Crippen molar-refractivity contribution < 1.29 is 4.74 Å². The molecule has 1 atom stereocenters. The van der Waals surface area contributed by atoms with Gasteiger partial charge in [0.2, 0.25) is 3.79 Å². The van der Waals surface area contributed by atoms with Crippen LogP contribution in [-0.2, 0) is 4.74 Å². The molecule has 0 radical (unpaired) electrons. The molecule has 0 heterocycles. The summed E-state index contributed by atoms with van der Waals surface area (Å²) >= 11 is 17.5. The van der Waals surface area contributed by atoms with Crippen LogP contribution in [0.25, 0.3) is 0 Å². The third-order valence-corrected chi connectivity index (χ3v) is 2.69. The molecule has 0 aliphatic heterocycles. The predicted molar refractivity (Wildman–Crippen MR) is 68.1 cm³/mol. The standard InChI is InChI=1S/C10H20Cl3NO/c1-4-5-6-7-15-9(8-14(2)3)10(11,12)13/h9H,4-8H2,1-3H3/t9-/m1/s1. The Bertz CT molecular complexity index is 159. The molecule has 92 valence electrons. The number of rotatable bonds is 7. The lowest BCUT2D eigenvalue weighted by Gasteiger charge is -2.27. The van der Waals surface area contributed by atoms with Crippen molar-refractivity contribution in [3.05, 3.63) is 0 Å². The summed E-state index contributed by atoms with van der Waals surface area (Å²) in [6.45, 7) is 3.41. The lowest BCUT2D eigenvalue weighted by atomic mass is 10.2. The van der Waals surface area contributed by atoms with Crippen molar-refractivity contribution >= 4 is 34.8 Å². The molecule has 15 heavy (non-hydrogen) atoms. The molecule has 5 heteroatoms. The molecule has 0 amide bonds. The van der Waals surface area contributed by atoms with Gasteiger partial charge < -0.3 is 9.64 Å². The van der Waals surface area contributed by atoms with Crippen molar-refractivity contribution in [2.75, 3.05) is 27.2 Å². The Labute approximate surface area is 108 Å². The van der Waals surface area contributed by atoms with Crippen LogP contribution in [0.15, 0.2) is 0 Å². The zero-order valence-corrected chi connectivity index (χ0v) is 11.9. The summed E-state index contributed by atoms with van der Waals surface area (Å²) in [6.07, 6.45) is 2.96. The van der Waals surface area contributed by atoms with Crippen LogP contribution in [0.4, 0.5) is 0 Å². The topological polar surface area (TPSA) is 12.5 Å². The maximum atomic E-state index is 5.84. The quantitative estimate of drug-likeness (QED) is 0.521. The number of ether oxygens (including phenoxy) is 1. The van der Waals surface area contributed by atoms with Gasteiger partial charge in [0, 0.05) is 13.2 Å². The van der Waals surface area contributed by atoms with Crippen LogP contribution in [0.1, 0.15) is 26.2 Å². The summed E-state index contributed by atoms with van der Waals surface area (Å²) in [4.78, 5) is 1.95. The Hall–Kier alpha value is 0.790. The Morgan fingerprint density at radius 2 is 1.80 bits per heavy atom. The van der Waals surface area contributed by atoms with Gasteiger partial charge in [0.15, 0.2) is 0 Å². The summed E-state index contributed by atoms with van der Waals surface area (Å²) in [5.41, 5.74) is 0. The van der Waals surface area contributed by atoms with E-state index < -0.39 is 3.79 Å². The third kappa shape index (κ3) is 8.58. The molecule has 0 aromatic heterocycles. The number of likely N-dealkylation sites (N-methyl/N-ethyl adjacent to an activating group) is 1. The summed E-state index contributed by atoms with van der Waals surface area (Å²) in [7, 11) is 3.86. The Kier molecular flexibility index (Phi) is 8.39. The minimum atomic E-state index is -1.35. The second-order valence-corrected chi connectivity index (χ2v) is 6.24. The van der Waals surface area contributed by atoms with Crippen molar-refractivity contribution in [1.29, 1.82) is 0 Å². The van der Waals surface area contributed by atoms with Crippen LogP contribution >= 0.6 is 34.8 Å². The van der Waals surface area contributed by atoms with Crippen molar-refractivity contribution in [3.63, 3.8) is 0 Å². The lowest BCUT2D eigenvalue weighted by molar-refractivity contribution is 0.0363. The number of halogens is 3. The molecule has 0 aliphatic carbocycles. The van der Waals surface area contributed by atoms with E-state index in [0.29, 0.717) is 13.2 Å². The minimum absolute atomic E-state index is 0.366. The van der Waals surface area contributed by atoms with Crippen molar-refractivity contribution in [2.45, 2.75) is 36.1 Å². The van der Waals surface area contributed by atoms with Gasteiger partial charge in [0.1, 0.15) is 6.10 Å². The fraction of sp³-hybridized carbons (Fsp3) is 1.00. The van der Waals surface area contributed by atoms with Gasteiger partial charge in [-0.15, -0.1) is 0 Å². The molecule has 0 spiro atoms. The summed E-state index contributed by atoms with van der Waals surface area (Å²) in [5.74, 6) is 0. The summed E-state index contributed by atoms with van der Waals surface area (Å²) in [5, 5.41) is 0. The normalized spacial score (nSPS) is 14.6. The molecule has 0 aliphatic rings. The van der Waals surface area contributed by atoms with Crippen LogP contribution in [0.2, 0.25) is 0 Å². The maximum Gasteiger partial charge on any atom is 0.217 e. The zero-order valence-electron chi connectivity index (χ0n) is 9.60. The second-order valence-electron chi connectivity index (χ2n) is 3.87. The van der Waals surface area contributed by atoms with E-state index in [9.17, 15) is 0 Å². The first-order valence-electron chi connectivity index (χ1n) is 5.21. The van der Waals surface area contributed by atoms with Crippen molar-refractivity contribution in [3.8, 4) is 0 Å². The predicted octanol–water partition coefficient (Wildman–Crippen LogP) is 3.49. The Morgan fingerprint density at radius 3 is 2.20 bits per heavy atom. The van der Waals surface area contributed by atoms with Crippen LogP contribution in [0, 0.1) is 0 Å². The van der Waals surface area contributed by atoms with E-state index in [4.69, 9.17) is 39.5 Å². The first-order chi connectivity index (χ1) is 6.88. The molecular weight excluding hydrogens is 256 g/mol. The highest BCUT2D eigenvalue weighted by atomic mass is 35.6. The molecule has 0 rings (SSSR count). The molecule has 0 bridgehead atoms. The van der Waals surface area contributed by atoms with Gasteiger partial charge in [-0.25, -0.2) is 0 Å². The maximum absolute atomic E-state index is 5.84. The van der Waals surface area contributed by atoms with Gasteiger partial charge in [0.25, 0.3) is 0 Å². The zero-order chi connectivity index (χ0) is 11.9. The number of unbranched alkanes of at least 4 members (excludes halogenated alkanes) is 2. The third-order valence-electron chi connectivity index (χ3n) is 1.96. The van der Waals surface area contributed by atoms with Gasteiger partial charge in [-0.3, -0.25) is 0 Å². The summed E-state index contributed by atoms with van der Waals surface area (Å²) in [6, 6.07) is 0. The van der Waals surface area contributed by atoms with Gasteiger partial charge in [-0.2, -0.15) is 0 Å². The average Bonchev–Trinajstić information content (AvgIpc) is 2.08. The molecule has 0 fully saturated rings. The number of hydrogen-bond donors (Lipinski definition) is 0. The van der Waals surface area contributed by atoms with Crippen LogP contribution in [0.5, 0.6) is 0 Å². The Balaban J connectivity index is 3.92. The molecule has 0 unspecified atom stereocenters. The molecular formula is C10H20Cl3NO. The fourth-order valence-electron chi connectivity index (χ4n) is 1.16. The summed E-state index contributed by atoms with van der Waals surface area (Å²) < 4.78 is 4.23. The van der Waals surface area contributed by atoms with Crippen LogP contribution in [0.3, 0.4) is 0 Å². The highest BCUT2D eigenvalue weighted by Gasteiger charge is 2.33. The van der Waals surface area contributed by atoms with Crippen LogP contribution < -0.4 is 0 Å². The van der Waals surface area contributed by atoms with E-state index in [-0.39, 0.29) is 6.10 Å². The molecule has 0 saturated carbocycles. The monoisotopic (exact) mass is 275 g/mol. The van der Waals surface area contributed by atoms with Gasteiger partial charge >= 0.3 is 0 Å². The molecule has 0 N–H and O–H groups in total. The minimum Gasteiger partial charge on any atom is -0.372 e. The van der Waals surface area contributed by atoms with Gasteiger partial charge in [0.05, 0.1) is 0 Å². The highest BCUT2D eigenvalue weighted by Crippen LogP contribution is 2.32. The molecule has 0 aromatic carbocycles. The van der Waals surface area contributed by atoms with Crippen molar-refractivity contribution in [1.82, 2.24) is 4.90 Å². The first kappa shape index (κ1) is 15.8.